The summed E-state index contributed by atoms with van der Waals surface area (Å²) < 4.78 is 15.9. The summed E-state index contributed by atoms with van der Waals surface area (Å²) >= 11 is 11.8. The summed E-state index contributed by atoms with van der Waals surface area (Å²) in [7, 11) is 1.45. The van der Waals surface area contributed by atoms with E-state index in [1.54, 1.807) is 24.3 Å². The molecule has 2 N–H and O–H groups in total. The molecule has 166 valence electrons. The summed E-state index contributed by atoms with van der Waals surface area (Å²) in [6, 6.07) is 8.47. The summed E-state index contributed by atoms with van der Waals surface area (Å²) in [5.41, 5.74) is 1.08. The molecule has 2 rings (SSSR count). The number of dihydropyridines is 1. The first-order chi connectivity index (χ1) is 14.9. The van der Waals surface area contributed by atoms with Crippen LogP contribution in [-0.2, 0) is 23.8 Å². The number of methoxy groups -OCH3 is 1. The SMILES string of the molecule is COCC1=C(C(=O)OCCC#N)C(c2cccc(Cl)c2)C(C(=O)O)=C(COCCCl)N1. The lowest BCUT2D eigenvalue weighted by molar-refractivity contribution is -0.139. The van der Waals surface area contributed by atoms with Gasteiger partial charge in [-0.1, -0.05) is 23.7 Å². The van der Waals surface area contributed by atoms with Crippen molar-refractivity contribution < 1.29 is 28.9 Å². The second-order valence-electron chi connectivity index (χ2n) is 6.42. The third-order valence-electron chi connectivity index (χ3n) is 4.37. The zero-order valence-corrected chi connectivity index (χ0v) is 18.3. The van der Waals surface area contributed by atoms with Gasteiger partial charge in [-0.15, -0.1) is 11.6 Å². The van der Waals surface area contributed by atoms with Crippen molar-refractivity contribution in [3.63, 3.8) is 0 Å². The average Bonchev–Trinajstić information content (AvgIpc) is 2.73. The van der Waals surface area contributed by atoms with E-state index in [0.29, 0.717) is 16.3 Å². The Kier molecular flexibility index (Phi) is 9.82. The Morgan fingerprint density at radius 1 is 1.23 bits per heavy atom. The van der Waals surface area contributed by atoms with E-state index in [1.165, 1.54) is 7.11 Å². The minimum absolute atomic E-state index is 0.00698. The lowest BCUT2D eigenvalue weighted by Crippen LogP contribution is -2.36. The highest BCUT2D eigenvalue weighted by atomic mass is 35.5. The molecule has 1 aliphatic heterocycles. The zero-order valence-electron chi connectivity index (χ0n) is 16.8. The van der Waals surface area contributed by atoms with E-state index in [4.69, 9.17) is 42.7 Å². The van der Waals surface area contributed by atoms with E-state index in [1.807, 2.05) is 6.07 Å². The van der Waals surface area contributed by atoms with Crippen molar-refractivity contribution in [2.45, 2.75) is 12.3 Å². The third-order valence-corrected chi connectivity index (χ3v) is 4.75. The van der Waals surface area contributed by atoms with Crippen molar-refractivity contribution in [1.29, 1.82) is 5.26 Å². The molecule has 10 heteroatoms. The van der Waals surface area contributed by atoms with Crippen molar-refractivity contribution in [1.82, 2.24) is 5.32 Å². The number of carboxylic acids is 1. The Labute approximate surface area is 190 Å². The van der Waals surface area contributed by atoms with Crippen molar-refractivity contribution in [2.75, 3.05) is 39.4 Å². The quantitative estimate of drug-likeness (QED) is 0.289. The van der Waals surface area contributed by atoms with Crippen molar-refractivity contribution in [2.24, 2.45) is 0 Å². The van der Waals surface area contributed by atoms with Crippen LogP contribution in [0.25, 0.3) is 0 Å². The topological polar surface area (TPSA) is 118 Å². The molecule has 8 nitrogen and oxygen atoms in total. The first-order valence-corrected chi connectivity index (χ1v) is 10.2. The number of alkyl halides is 1. The van der Waals surface area contributed by atoms with Crippen molar-refractivity contribution >= 4 is 35.1 Å². The minimum atomic E-state index is -1.24. The molecule has 1 atom stereocenters. The number of ether oxygens (including phenoxy) is 3. The number of halogens is 2. The highest BCUT2D eigenvalue weighted by Gasteiger charge is 2.39. The van der Waals surface area contributed by atoms with Gasteiger partial charge in [0.25, 0.3) is 0 Å². The molecule has 0 fully saturated rings. The molecule has 0 aliphatic carbocycles. The van der Waals surface area contributed by atoms with Crippen LogP contribution in [0.4, 0.5) is 0 Å². The van der Waals surface area contributed by atoms with Crippen molar-refractivity contribution in [3.8, 4) is 6.07 Å². The molecule has 1 aromatic rings. The first-order valence-electron chi connectivity index (χ1n) is 9.33. The van der Waals surface area contributed by atoms with Gasteiger partial charge < -0.3 is 24.6 Å². The van der Waals surface area contributed by atoms with Gasteiger partial charge in [0.15, 0.2) is 0 Å². The maximum atomic E-state index is 13.0. The molecule has 0 radical (unpaired) electrons. The summed E-state index contributed by atoms with van der Waals surface area (Å²) in [6.45, 7) is 0.0219. The molecule has 0 bridgehead atoms. The molecule has 1 heterocycles. The fraction of sp³-hybridized carbons (Fsp3) is 0.381. The molecule has 0 saturated carbocycles. The van der Waals surface area contributed by atoms with Gasteiger partial charge in [0, 0.05) is 18.0 Å². The van der Waals surface area contributed by atoms with Crippen LogP contribution >= 0.6 is 23.2 Å². The van der Waals surface area contributed by atoms with Gasteiger partial charge in [0.1, 0.15) is 6.61 Å². The fourth-order valence-corrected chi connectivity index (χ4v) is 3.50. The highest BCUT2D eigenvalue weighted by Crippen LogP contribution is 2.39. The number of carbonyl (C=O) groups is 2. The van der Waals surface area contributed by atoms with E-state index in [2.05, 4.69) is 5.32 Å². The van der Waals surface area contributed by atoms with Gasteiger partial charge >= 0.3 is 11.9 Å². The summed E-state index contributed by atoms with van der Waals surface area (Å²) in [6.07, 6.45) is 0.00698. The molecule has 1 unspecified atom stereocenters. The van der Waals surface area contributed by atoms with Gasteiger partial charge in [-0.2, -0.15) is 5.26 Å². The van der Waals surface area contributed by atoms with Crippen LogP contribution in [0, 0.1) is 11.3 Å². The van der Waals surface area contributed by atoms with E-state index in [9.17, 15) is 14.7 Å². The molecule has 1 aliphatic rings. The summed E-state index contributed by atoms with van der Waals surface area (Å²) in [5.74, 6) is -2.74. The molecule has 0 spiro atoms. The molecule has 0 saturated heterocycles. The largest absolute Gasteiger partial charge is 0.478 e. The van der Waals surface area contributed by atoms with Crippen LogP contribution in [0.1, 0.15) is 17.9 Å². The maximum absolute atomic E-state index is 13.0. The summed E-state index contributed by atoms with van der Waals surface area (Å²) in [5, 5.41) is 22.1. The molecular weight excluding hydrogens is 447 g/mol. The average molecular weight is 469 g/mol. The smallest absolute Gasteiger partial charge is 0.336 e. The normalized spacial score (nSPS) is 16.0. The van der Waals surface area contributed by atoms with Gasteiger partial charge in [-0.25, -0.2) is 9.59 Å². The predicted octanol–water partition coefficient (Wildman–Crippen LogP) is 2.98. The monoisotopic (exact) mass is 468 g/mol. The van der Waals surface area contributed by atoms with Gasteiger partial charge in [0.2, 0.25) is 0 Å². The summed E-state index contributed by atoms with van der Waals surface area (Å²) in [4.78, 5) is 25.3. The maximum Gasteiger partial charge on any atom is 0.336 e. The third kappa shape index (κ3) is 6.45. The van der Waals surface area contributed by atoms with E-state index in [-0.39, 0.29) is 55.6 Å². The van der Waals surface area contributed by atoms with Gasteiger partial charge in [-0.3, -0.25) is 0 Å². The van der Waals surface area contributed by atoms with E-state index < -0.39 is 17.9 Å². The Morgan fingerprint density at radius 3 is 2.58 bits per heavy atom. The number of hydrogen-bond donors (Lipinski definition) is 2. The number of nitriles is 1. The Morgan fingerprint density at radius 2 is 1.97 bits per heavy atom. The van der Waals surface area contributed by atoms with Crippen molar-refractivity contribution in [3.05, 3.63) is 57.4 Å². The van der Waals surface area contributed by atoms with Crippen LogP contribution in [0.15, 0.2) is 46.8 Å². The lowest BCUT2D eigenvalue weighted by Gasteiger charge is -2.31. The van der Waals surface area contributed by atoms with E-state index in [0.717, 1.165) is 0 Å². The zero-order chi connectivity index (χ0) is 22.8. The first kappa shape index (κ1) is 24.7. The molecular formula is C21H22Cl2N2O6. The molecule has 1 aromatic carbocycles. The van der Waals surface area contributed by atoms with Crippen LogP contribution in [0.5, 0.6) is 0 Å². The number of nitrogens with zero attached hydrogens (tertiary/aromatic N) is 1. The number of carboxylic acid groups (broad SMARTS) is 1. The standard InChI is InChI=1S/C21H22Cl2N2O6/c1-29-11-15-19(21(28)31-8-3-7-24)17(13-4-2-5-14(23)10-13)18(20(26)27)16(25-15)12-30-9-6-22/h2,4-5,10,17,25H,3,6,8-9,11-12H2,1H3,(H,26,27). The Balaban J connectivity index is 2.64. The second-order valence-corrected chi connectivity index (χ2v) is 7.24. The van der Waals surface area contributed by atoms with Crippen LogP contribution in [-0.4, -0.2) is 56.5 Å². The number of benzene rings is 1. The fourth-order valence-electron chi connectivity index (χ4n) is 3.19. The molecule has 0 aromatic heterocycles. The number of nitrogens with one attached hydrogen (secondary N) is 1. The number of hydrogen-bond acceptors (Lipinski definition) is 7. The number of esters is 1. The van der Waals surface area contributed by atoms with Crippen LogP contribution < -0.4 is 5.32 Å². The van der Waals surface area contributed by atoms with Crippen LogP contribution in [0.3, 0.4) is 0 Å². The Hall–Kier alpha value is -2.57. The Bertz CT molecular complexity index is 923. The molecule has 0 amide bonds. The second kappa shape index (κ2) is 12.3. The van der Waals surface area contributed by atoms with Gasteiger partial charge in [0.05, 0.1) is 60.8 Å². The minimum Gasteiger partial charge on any atom is -0.478 e. The van der Waals surface area contributed by atoms with Gasteiger partial charge in [-0.05, 0) is 17.7 Å². The number of aliphatic carboxylic acids is 1. The van der Waals surface area contributed by atoms with E-state index >= 15 is 0 Å². The highest BCUT2D eigenvalue weighted by molar-refractivity contribution is 6.30. The number of carbonyl (C=O) groups excluding carboxylic acids is 1. The number of rotatable bonds is 11. The van der Waals surface area contributed by atoms with Crippen LogP contribution in [0.2, 0.25) is 5.02 Å². The lowest BCUT2D eigenvalue weighted by atomic mass is 9.80. The molecule has 31 heavy (non-hydrogen) atoms. The predicted molar refractivity (Wildman–Crippen MR) is 114 cm³/mol.